The summed E-state index contributed by atoms with van der Waals surface area (Å²) in [5, 5.41) is 0. The van der Waals surface area contributed by atoms with Crippen molar-refractivity contribution in [2.24, 2.45) is 0 Å². The average Bonchev–Trinajstić information content (AvgIpc) is 1.41. The van der Waals surface area contributed by atoms with Gasteiger partial charge in [-0.05, 0) is 17.9 Å². The summed E-state index contributed by atoms with van der Waals surface area (Å²) < 4.78 is 0. The Morgan fingerprint density at radius 1 is 1.43 bits per heavy atom. The van der Waals surface area contributed by atoms with Crippen molar-refractivity contribution < 1.29 is 21.7 Å². The predicted molar refractivity (Wildman–Crippen MR) is 34.9 cm³/mol. The van der Waals surface area contributed by atoms with E-state index in [0.29, 0.717) is 0 Å². The summed E-state index contributed by atoms with van der Waals surface area (Å²) in [6, 6.07) is 0. The van der Waals surface area contributed by atoms with Crippen LogP contribution in [-0.4, -0.2) is 11.0 Å². The molecule has 39 valence electrons. The summed E-state index contributed by atoms with van der Waals surface area (Å²) >= 11 is 0. The van der Waals surface area contributed by atoms with Gasteiger partial charge in [0, 0.05) is 21.7 Å². The topological polar surface area (TPSA) is 0 Å². The van der Waals surface area contributed by atoms with Crippen molar-refractivity contribution in [2.75, 3.05) is 0 Å². The Bertz CT molecular complexity index is 50.0. The smallest absolute Gasteiger partial charge is 0 e. The van der Waals surface area contributed by atoms with Crippen LogP contribution in [0.2, 0.25) is 0 Å². The maximum atomic E-state index is 3.46. The molecule has 7 heavy (non-hydrogen) atoms. The number of hydrogen-bond donors (Lipinski definition) is 0. The van der Waals surface area contributed by atoms with Crippen molar-refractivity contribution in [3.05, 3.63) is 24.8 Å². The Labute approximate surface area is 64.6 Å². The Morgan fingerprint density at radius 2 is 1.86 bits per heavy atom. The molecule has 0 aromatic rings. The van der Waals surface area contributed by atoms with Crippen LogP contribution in [0.4, 0.5) is 0 Å². The zero-order chi connectivity index (χ0) is 4.12. The van der Waals surface area contributed by atoms with Crippen molar-refractivity contribution in [3.8, 4) is 0 Å². The van der Waals surface area contributed by atoms with Gasteiger partial charge in [-0.1, -0.05) is 24.8 Å². The second-order valence-electron chi connectivity index (χ2n) is 0.761. The van der Waals surface area contributed by atoms with Gasteiger partial charge in [-0.2, -0.15) is 0 Å². The van der Waals surface area contributed by atoms with Gasteiger partial charge in [-0.3, -0.25) is 0 Å². The molecular formula is C5H11SiTi. The second-order valence-corrected chi connectivity index (χ2v) is 0.761. The van der Waals surface area contributed by atoms with Gasteiger partial charge in [0.15, 0.2) is 0 Å². The molecule has 1 radical (unpaired) electrons. The Hall–Kier alpha value is 0.411. The number of rotatable bonds is 1. The molecular weight excluding hydrogens is 136 g/mol. The molecule has 0 atom stereocenters. The van der Waals surface area contributed by atoms with Crippen LogP contribution < -0.4 is 0 Å². The second kappa shape index (κ2) is 16.1. The first-order chi connectivity index (χ1) is 2.41. The third-order valence-corrected chi connectivity index (χ3v) is 0.329. The van der Waals surface area contributed by atoms with Gasteiger partial charge >= 0.3 is 0 Å². The maximum absolute atomic E-state index is 3.46. The Morgan fingerprint density at radius 3 is 1.86 bits per heavy atom. The van der Waals surface area contributed by atoms with E-state index in [1.54, 1.807) is 6.08 Å². The third-order valence-electron chi connectivity index (χ3n) is 0.329. The van der Waals surface area contributed by atoms with E-state index in [0.717, 1.165) is 0 Å². The molecule has 2 heteroatoms. The normalized spacial score (nSPS) is 6.43. The molecule has 0 aromatic heterocycles. The molecule has 0 unspecified atom stereocenters. The molecule has 0 nitrogen and oxygen atoms in total. The van der Waals surface area contributed by atoms with Gasteiger partial charge in [0.1, 0.15) is 0 Å². The minimum Gasteiger partial charge on any atom is -0.0991 e. The predicted octanol–water partition coefficient (Wildman–Crippen LogP) is 0.562. The van der Waals surface area contributed by atoms with Crippen LogP contribution in [0.1, 0.15) is 6.92 Å². The van der Waals surface area contributed by atoms with Gasteiger partial charge in [0.2, 0.25) is 0 Å². The van der Waals surface area contributed by atoms with E-state index < -0.39 is 0 Å². The fraction of sp³-hybridized carbons (Fsp3) is 0.200. The summed E-state index contributed by atoms with van der Waals surface area (Å²) in [6.45, 7) is 5.42. The molecule has 0 aliphatic carbocycles. The summed E-state index contributed by atoms with van der Waals surface area (Å²) in [4.78, 5) is 0. The monoisotopic (exact) mass is 147 g/mol. The van der Waals surface area contributed by atoms with E-state index in [2.05, 4.69) is 6.58 Å². The van der Waals surface area contributed by atoms with Crippen LogP contribution in [0.3, 0.4) is 0 Å². The summed E-state index contributed by atoms with van der Waals surface area (Å²) in [6.07, 6.45) is 5.58. The fourth-order valence-electron chi connectivity index (χ4n) is 0.136. The Balaban J connectivity index is -0.0000000800. The van der Waals surface area contributed by atoms with E-state index in [1.165, 1.54) is 0 Å². The average molecular weight is 147 g/mol. The van der Waals surface area contributed by atoms with Gasteiger partial charge in [0.25, 0.3) is 0 Å². The van der Waals surface area contributed by atoms with Gasteiger partial charge in [0.05, 0.1) is 0 Å². The largest absolute Gasteiger partial charge is 0.0991 e. The van der Waals surface area contributed by atoms with E-state index in [-0.39, 0.29) is 32.7 Å². The first-order valence-electron chi connectivity index (χ1n) is 1.65. The molecule has 0 spiro atoms. The SMILES string of the molecule is C=CC=CC.[SiH3].[Ti]. The zero-order valence-electron chi connectivity index (χ0n) is 4.94. The van der Waals surface area contributed by atoms with E-state index in [4.69, 9.17) is 0 Å². The fourth-order valence-corrected chi connectivity index (χ4v) is 0.136. The number of allylic oxidation sites excluding steroid dienone is 3. The summed E-state index contributed by atoms with van der Waals surface area (Å²) in [5.41, 5.74) is 0. The molecule has 0 heterocycles. The van der Waals surface area contributed by atoms with Crippen molar-refractivity contribution in [3.63, 3.8) is 0 Å². The quantitative estimate of drug-likeness (QED) is 0.375. The first kappa shape index (κ1) is 15.7. The molecule has 0 rings (SSSR count). The van der Waals surface area contributed by atoms with Crippen molar-refractivity contribution in [1.29, 1.82) is 0 Å². The van der Waals surface area contributed by atoms with Gasteiger partial charge < -0.3 is 0 Å². The maximum Gasteiger partial charge on any atom is 0 e. The minimum atomic E-state index is 0. The zero-order valence-corrected chi connectivity index (χ0v) is 8.50. The molecule has 0 N–H and O–H groups in total. The van der Waals surface area contributed by atoms with E-state index in [9.17, 15) is 0 Å². The molecule has 0 aliphatic rings. The minimum absolute atomic E-state index is 0. The van der Waals surface area contributed by atoms with Gasteiger partial charge in [-0.25, -0.2) is 0 Å². The molecule has 0 saturated carbocycles. The van der Waals surface area contributed by atoms with E-state index in [1.807, 2.05) is 19.1 Å². The van der Waals surface area contributed by atoms with Crippen LogP contribution in [0, 0.1) is 0 Å². The van der Waals surface area contributed by atoms with Crippen molar-refractivity contribution in [2.45, 2.75) is 6.92 Å². The molecule has 0 aromatic carbocycles. The van der Waals surface area contributed by atoms with Crippen molar-refractivity contribution >= 4 is 11.0 Å². The molecule has 0 fully saturated rings. The standard InChI is InChI=1S/C5H8.H3Si.Ti/c1-3-5-4-2;;/h3-5H,1H2,2H3;1H3;. The van der Waals surface area contributed by atoms with Crippen LogP contribution in [-0.2, 0) is 21.7 Å². The summed E-state index contributed by atoms with van der Waals surface area (Å²) in [5.74, 6) is 0. The van der Waals surface area contributed by atoms with E-state index >= 15 is 0 Å². The van der Waals surface area contributed by atoms with Crippen LogP contribution in [0.5, 0.6) is 0 Å². The summed E-state index contributed by atoms with van der Waals surface area (Å²) in [7, 11) is 0. The molecule has 0 amide bonds. The molecule has 0 aliphatic heterocycles. The van der Waals surface area contributed by atoms with Gasteiger partial charge in [-0.15, -0.1) is 0 Å². The van der Waals surface area contributed by atoms with Crippen LogP contribution in [0.25, 0.3) is 0 Å². The van der Waals surface area contributed by atoms with Crippen LogP contribution >= 0.6 is 0 Å². The first-order valence-corrected chi connectivity index (χ1v) is 1.65. The van der Waals surface area contributed by atoms with Crippen molar-refractivity contribution in [1.82, 2.24) is 0 Å². The third kappa shape index (κ3) is 21.5. The molecule has 0 saturated heterocycles. The molecule has 0 bridgehead atoms. The van der Waals surface area contributed by atoms with Crippen LogP contribution in [0.15, 0.2) is 24.8 Å². The Kier molecular flexibility index (Phi) is 36.1. The number of hydrogen-bond acceptors (Lipinski definition) is 0.